The molecule has 5 nitrogen and oxygen atoms in total. The summed E-state index contributed by atoms with van der Waals surface area (Å²) in [5, 5.41) is 8.59. The van der Waals surface area contributed by atoms with E-state index in [4.69, 9.17) is 10.8 Å². The summed E-state index contributed by atoms with van der Waals surface area (Å²) in [6.45, 7) is 0. The first kappa shape index (κ1) is 12.4. The molecule has 0 atom stereocenters. The lowest BCUT2D eigenvalue weighted by Crippen LogP contribution is -2.13. The SMILES string of the molecule is CS(=O)(=O)c1c(F)cc(N)c(C(=O)O)c1F. The van der Waals surface area contributed by atoms with Crippen LogP contribution in [0.3, 0.4) is 0 Å². The first-order chi connectivity index (χ1) is 7.16. The maximum absolute atomic E-state index is 13.5. The Morgan fingerprint density at radius 1 is 1.44 bits per heavy atom. The fourth-order valence-electron chi connectivity index (χ4n) is 1.18. The van der Waals surface area contributed by atoms with Crippen molar-refractivity contribution in [2.45, 2.75) is 4.90 Å². The summed E-state index contributed by atoms with van der Waals surface area (Å²) < 4.78 is 48.7. The van der Waals surface area contributed by atoms with E-state index in [9.17, 15) is 22.0 Å². The van der Waals surface area contributed by atoms with Gasteiger partial charge in [-0.2, -0.15) is 0 Å². The van der Waals surface area contributed by atoms with Crippen LogP contribution >= 0.6 is 0 Å². The van der Waals surface area contributed by atoms with Gasteiger partial charge in [0.2, 0.25) is 0 Å². The van der Waals surface area contributed by atoms with Gasteiger partial charge in [-0.15, -0.1) is 0 Å². The Bertz CT molecular complexity index is 568. The van der Waals surface area contributed by atoms with Gasteiger partial charge in [-0.1, -0.05) is 0 Å². The highest BCUT2D eigenvalue weighted by molar-refractivity contribution is 7.90. The van der Waals surface area contributed by atoms with Crippen LogP contribution in [0.25, 0.3) is 0 Å². The summed E-state index contributed by atoms with van der Waals surface area (Å²) in [5.74, 6) is -4.87. The van der Waals surface area contributed by atoms with E-state index in [0.29, 0.717) is 12.3 Å². The molecule has 0 aliphatic carbocycles. The minimum Gasteiger partial charge on any atom is -0.478 e. The lowest BCUT2D eigenvalue weighted by molar-refractivity contribution is 0.0692. The van der Waals surface area contributed by atoms with Crippen molar-refractivity contribution in [2.75, 3.05) is 12.0 Å². The molecule has 0 bridgehead atoms. The molecular weight excluding hydrogens is 244 g/mol. The molecule has 8 heteroatoms. The number of halogens is 2. The average Bonchev–Trinajstić information content (AvgIpc) is 1.97. The number of nitrogens with two attached hydrogens (primary N) is 1. The number of anilines is 1. The van der Waals surface area contributed by atoms with Crippen LogP contribution in [0.2, 0.25) is 0 Å². The van der Waals surface area contributed by atoms with Crippen molar-refractivity contribution >= 4 is 21.5 Å². The third kappa shape index (κ3) is 1.96. The molecule has 1 aromatic carbocycles. The Morgan fingerprint density at radius 3 is 2.31 bits per heavy atom. The number of benzene rings is 1. The van der Waals surface area contributed by atoms with E-state index in [1.807, 2.05) is 0 Å². The number of rotatable bonds is 2. The van der Waals surface area contributed by atoms with Crippen molar-refractivity contribution in [1.29, 1.82) is 0 Å². The Hall–Kier alpha value is -1.70. The van der Waals surface area contributed by atoms with Crippen molar-refractivity contribution in [3.05, 3.63) is 23.3 Å². The van der Waals surface area contributed by atoms with Crippen LogP contribution in [0.15, 0.2) is 11.0 Å². The summed E-state index contributed by atoms with van der Waals surface area (Å²) in [7, 11) is -4.21. The minimum atomic E-state index is -4.21. The Kier molecular flexibility index (Phi) is 2.87. The standard InChI is InChI=1S/C8H7F2NO4S/c1-16(14,15)7-3(9)2-4(11)5(6(7)10)8(12)13/h2H,11H2,1H3,(H,12,13). The second-order valence-electron chi connectivity index (χ2n) is 3.04. The summed E-state index contributed by atoms with van der Waals surface area (Å²) >= 11 is 0. The summed E-state index contributed by atoms with van der Waals surface area (Å²) in [5.41, 5.74) is 3.35. The number of hydrogen-bond acceptors (Lipinski definition) is 4. The van der Waals surface area contributed by atoms with Gasteiger partial charge in [0.05, 0.1) is 5.69 Å². The van der Waals surface area contributed by atoms with Gasteiger partial charge in [0.1, 0.15) is 16.3 Å². The van der Waals surface area contributed by atoms with E-state index in [0.717, 1.165) is 0 Å². The fraction of sp³-hybridized carbons (Fsp3) is 0.125. The Balaban J connectivity index is 3.79. The van der Waals surface area contributed by atoms with E-state index in [2.05, 4.69) is 0 Å². The van der Waals surface area contributed by atoms with Crippen molar-refractivity contribution in [1.82, 2.24) is 0 Å². The van der Waals surface area contributed by atoms with Crippen molar-refractivity contribution in [3.63, 3.8) is 0 Å². The molecule has 1 aromatic rings. The molecule has 0 radical (unpaired) electrons. The van der Waals surface area contributed by atoms with E-state index < -0.39 is 43.6 Å². The number of carbonyl (C=O) groups is 1. The first-order valence-corrected chi connectivity index (χ1v) is 5.76. The molecule has 3 N–H and O–H groups in total. The molecule has 0 aliphatic rings. The maximum atomic E-state index is 13.5. The van der Waals surface area contributed by atoms with Gasteiger partial charge in [0, 0.05) is 6.26 Å². The number of nitrogen functional groups attached to an aromatic ring is 1. The molecule has 88 valence electrons. The zero-order valence-electron chi connectivity index (χ0n) is 7.99. The van der Waals surface area contributed by atoms with Gasteiger partial charge >= 0.3 is 5.97 Å². The zero-order valence-corrected chi connectivity index (χ0v) is 8.81. The van der Waals surface area contributed by atoms with E-state index in [-0.39, 0.29) is 0 Å². The van der Waals surface area contributed by atoms with Crippen molar-refractivity contribution in [2.24, 2.45) is 0 Å². The lowest BCUT2D eigenvalue weighted by Gasteiger charge is -2.07. The molecule has 16 heavy (non-hydrogen) atoms. The minimum absolute atomic E-state index is 0.461. The summed E-state index contributed by atoms with van der Waals surface area (Å²) in [6.07, 6.45) is 0.566. The molecule has 0 unspecified atom stereocenters. The Morgan fingerprint density at radius 2 is 1.94 bits per heavy atom. The van der Waals surface area contributed by atoms with Gasteiger partial charge < -0.3 is 10.8 Å². The van der Waals surface area contributed by atoms with Crippen LogP contribution in [-0.2, 0) is 9.84 Å². The molecule has 0 aliphatic heterocycles. The third-order valence-electron chi connectivity index (χ3n) is 1.79. The van der Waals surface area contributed by atoms with E-state index >= 15 is 0 Å². The van der Waals surface area contributed by atoms with Crippen LogP contribution in [-0.4, -0.2) is 25.7 Å². The van der Waals surface area contributed by atoms with Crippen LogP contribution < -0.4 is 5.73 Å². The van der Waals surface area contributed by atoms with Gasteiger partial charge in [-0.25, -0.2) is 22.0 Å². The second-order valence-corrected chi connectivity index (χ2v) is 5.00. The molecule has 0 amide bonds. The van der Waals surface area contributed by atoms with Gasteiger partial charge in [0.15, 0.2) is 15.7 Å². The molecule has 0 saturated carbocycles. The van der Waals surface area contributed by atoms with Crippen LogP contribution in [0.4, 0.5) is 14.5 Å². The first-order valence-electron chi connectivity index (χ1n) is 3.87. The van der Waals surface area contributed by atoms with Gasteiger partial charge in [-0.3, -0.25) is 0 Å². The number of carboxylic acids is 1. The summed E-state index contributed by atoms with van der Waals surface area (Å²) in [6, 6.07) is 0.461. The number of aromatic carboxylic acids is 1. The van der Waals surface area contributed by atoms with Crippen molar-refractivity contribution in [3.8, 4) is 0 Å². The molecule has 0 saturated heterocycles. The molecule has 1 rings (SSSR count). The highest BCUT2D eigenvalue weighted by Crippen LogP contribution is 2.26. The van der Waals surface area contributed by atoms with Gasteiger partial charge in [-0.05, 0) is 6.07 Å². The van der Waals surface area contributed by atoms with E-state index in [1.54, 1.807) is 0 Å². The van der Waals surface area contributed by atoms with Crippen molar-refractivity contribution < 1.29 is 27.1 Å². The predicted octanol–water partition coefficient (Wildman–Crippen LogP) is 0.649. The zero-order chi connectivity index (χ0) is 12.7. The smallest absolute Gasteiger partial charge is 0.340 e. The van der Waals surface area contributed by atoms with E-state index in [1.165, 1.54) is 0 Å². The second kappa shape index (κ2) is 3.71. The van der Waals surface area contributed by atoms with Crippen LogP contribution in [0, 0.1) is 11.6 Å². The number of carboxylic acid groups (broad SMARTS) is 1. The molecule has 0 heterocycles. The monoisotopic (exact) mass is 251 g/mol. The molecule has 0 fully saturated rings. The highest BCUT2D eigenvalue weighted by atomic mass is 32.2. The maximum Gasteiger partial charge on any atom is 0.340 e. The number of sulfone groups is 1. The highest BCUT2D eigenvalue weighted by Gasteiger charge is 2.27. The lowest BCUT2D eigenvalue weighted by atomic mass is 10.1. The van der Waals surface area contributed by atoms with Crippen LogP contribution in [0.1, 0.15) is 10.4 Å². The number of hydrogen-bond donors (Lipinski definition) is 2. The quantitative estimate of drug-likeness (QED) is 0.752. The normalized spacial score (nSPS) is 11.4. The molecular formula is C8H7F2NO4S. The van der Waals surface area contributed by atoms with Crippen LogP contribution in [0.5, 0.6) is 0 Å². The molecule has 0 aromatic heterocycles. The average molecular weight is 251 g/mol. The topological polar surface area (TPSA) is 97.5 Å². The molecule has 0 spiro atoms. The predicted molar refractivity (Wildman–Crippen MR) is 50.8 cm³/mol. The largest absolute Gasteiger partial charge is 0.478 e. The van der Waals surface area contributed by atoms with Gasteiger partial charge in [0.25, 0.3) is 0 Å². The fourth-order valence-corrected chi connectivity index (χ4v) is 2.02. The third-order valence-corrected chi connectivity index (χ3v) is 2.91. The Labute approximate surface area is 89.4 Å². The summed E-state index contributed by atoms with van der Waals surface area (Å²) in [4.78, 5) is 9.30.